The Morgan fingerprint density at radius 1 is 0.274 bits per heavy atom. The van der Waals surface area contributed by atoms with Gasteiger partial charge in [0, 0.05) is 13.8 Å². The van der Waals surface area contributed by atoms with Crippen LogP contribution < -0.4 is 10.6 Å². The summed E-state index contributed by atoms with van der Waals surface area (Å²) in [5.74, 6) is -1.68. The van der Waals surface area contributed by atoms with Crippen molar-refractivity contribution in [2.75, 3.05) is 52.9 Å². The van der Waals surface area contributed by atoms with Crippen molar-refractivity contribution in [2.45, 2.75) is 259 Å². The smallest absolute Gasteiger partial charge is 0.217 e. The normalized spacial score (nSPS) is 50.8. The monoisotopic (exact) mass is 1400 g/mol. The van der Waals surface area contributed by atoms with Crippen LogP contribution in [0.15, 0.2) is 0 Å². The summed E-state index contributed by atoms with van der Waals surface area (Å²) >= 11 is 0. The molecule has 1 unspecified atom stereocenters. The van der Waals surface area contributed by atoms with Crippen LogP contribution in [0.5, 0.6) is 0 Å². The van der Waals surface area contributed by atoms with Crippen LogP contribution in [0.2, 0.25) is 0 Å². The number of hydrogen-bond acceptors (Lipinski definition) is 41. The zero-order valence-corrected chi connectivity index (χ0v) is 50.4. The Morgan fingerprint density at radius 2 is 0.568 bits per heavy atom. The van der Waals surface area contributed by atoms with Crippen molar-refractivity contribution in [1.82, 2.24) is 10.6 Å². The van der Waals surface area contributed by atoms with E-state index >= 15 is 0 Å². The van der Waals surface area contributed by atoms with Gasteiger partial charge in [0.1, 0.15) is 195 Å². The van der Waals surface area contributed by atoms with E-state index in [2.05, 4.69) is 10.6 Å². The average Bonchev–Trinajstić information content (AvgIpc) is 0.777. The standard InChI is InChI=1S/C52H88N2O41/c1-11(62)53-21-29(70)39(18(8-60)82-45(21)80)90-46-22(54-12(2)63)30(71)40(19(9-61)88-46)91-49-38(79)41(28(69)20(89-49)10-81-50-42(33(74)25(66)15(5-57)85-50)93-47-36(77)31(72)23(64)13(3-55)83-47)92-51-44(35(76)27(68)16(6-58)86-51)95-52-43(34(75)26(67)17(7-59)87-52)94-48-37(78)32(73)24(65)14(4-56)84-48/h13-52,55-61,64-80H,3-10H2,1-2H3,(H,53,62)(H,54,63)/t13-,14-,15-,16-,17-,18-,19-,20-,21-,22-,23-,24-,25-,26-,27-,28-,29-,30-,31+,32+,33+,34+,35+,36+,37+,38+,39-,40-,41+,42+,43+,44+,45?,46+,47-,48-,49+,50+,51-,52-/m1/s1. The maximum absolute atomic E-state index is 12.8. The molecule has 43 nitrogen and oxygen atoms in total. The molecule has 8 fully saturated rings. The van der Waals surface area contributed by atoms with Crippen molar-refractivity contribution in [3.05, 3.63) is 0 Å². The van der Waals surface area contributed by atoms with E-state index in [1.54, 1.807) is 0 Å². The number of ether oxygens (including phenoxy) is 15. The van der Waals surface area contributed by atoms with Crippen LogP contribution in [0.4, 0.5) is 0 Å². The third-order valence-electron chi connectivity index (χ3n) is 17.4. The zero-order valence-electron chi connectivity index (χ0n) is 50.4. The second-order valence-electron chi connectivity index (χ2n) is 23.9. The molecule has 8 heterocycles. The summed E-state index contributed by atoms with van der Waals surface area (Å²) < 4.78 is 87.3. The summed E-state index contributed by atoms with van der Waals surface area (Å²) in [4.78, 5) is 24.9. The highest BCUT2D eigenvalue weighted by Gasteiger charge is 2.60. The largest absolute Gasteiger partial charge is 0.394 e. The van der Waals surface area contributed by atoms with Gasteiger partial charge in [0.05, 0.1) is 52.9 Å². The van der Waals surface area contributed by atoms with Gasteiger partial charge in [0.25, 0.3) is 0 Å². The molecule has 95 heavy (non-hydrogen) atoms. The fraction of sp³-hybridized carbons (Fsp3) is 0.962. The molecular formula is C52H88N2O41. The molecule has 8 aliphatic rings. The Labute approximate surface area is 536 Å². The van der Waals surface area contributed by atoms with Crippen molar-refractivity contribution in [3.63, 3.8) is 0 Å². The van der Waals surface area contributed by atoms with E-state index < -0.39 is 310 Å². The second kappa shape index (κ2) is 33.9. The molecule has 0 aromatic heterocycles. The van der Waals surface area contributed by atoms with Gasteiger partial charge in [-0.15, -0.1) is 0 Å². The Hall–Kier alpha value is -2.62. The molecule has 0 aliphatic carbocycles. The van der Waals surface area contributed by atoms with Crippen molar-refractivity contribution in [2.24, 2.45) is 0 Å². The molecule has 0 saturated carbocycles. The molecule has 0 aromatic rings. The maximum Gasteiger partial charge on any atom is 0.217 e. The predicted octanol–water partition coefficient (Wildman–Crippen LogP) is -18.2. The van der Waals surface area contributed by atoms with E-state index in [4.69, 9.17) is 71.1 Å². The zero-order chi connectivity index (χ0) is 69.9. The summed E-state index contributed by atoms with van der Waals surface area (Å²) in [6, 6.07) is -3.50. The minimum absolute atomic E-state index is 0.768. The SMILES string of the molecule is CC(=O)N[C@H]1[C@H](O[C@H]2[C@H](O)[C@@H](NC(C)=O)C(O)O[C@@H]2CO)O[C@H](CO)[C@@H](O[C@@H]2O[C@H](CO[C@H]3O[C@H](CO)[C@@H](O)[C@H](O)[C@@H]3O[C@H]3O[C@H](CO)[C@@H](O)[C@H](O)[C@@H]3O)[C@@H](O)[C@H](O[C@H]3O[C@H](CO)[C@@H](O)[C@H](O)[C@@H]3O[C@H]3O[C@H](CO)[C@@H](O)[C@H](O)[C@@H]3O[C@H]3O[C@H](CO)[C@@H](O)[C@H](O)[C@@H]3O)[C@@H]2O)[C@@H]1O. The number of aliphatic hydroxyl groups is 24. The van der Waals surface area contributed by atoms with Crippen LogP contribution >= 0.6 is 0 Å². The molecule has 0 radical (unpaired) electrons. The summed E-state index contributed by atoms with van der Waals surface area (Å²) in [5.41, 5.74) is 0. The number of aliphatic hydroxyl groups excluding tert-OH is 24. The van der Waals surface area contributed by atoms with E-state index in [-0.39, 0.29) is 0 Å². The Bertz CT molecular complexity index is 2380. The fourth-order valence-corrected chi connectivity index (χ4v) is 12.1. The van der Waals surface area contributed by atoms with Crippen LogP contribution in [-0.4, -0.2) is 433 Å². The molecule has 40 atom stereocenters. The minimum Gasteiger partial charge on any atom is -0.394 e. The van der Waals surface area contributed by atoms with Gasteiger partial charge >= 0.3 is 0 Å². The van der Waals surface area contributed by atoms with Gasteiger partial charge < -0.3 is 204 Å². The molecule has 26 N–H and O–H groups in total. The first-order valence-electron chi connectivity index (χ1n) is 30.1. The molecule has 8 rings (SSSR count). The highest BCUT2D eigenvalue weighted by molar-refractivity contribution is 5.73. The lowest BCUT2D eigenvalue weighted by Gasteiger charge is -2.51. The summed E-state index contributed by atoms with van der Waals surface area (Å²) in [6.07, 6.45) is -78.9. The first-order chi connectivity index (χ1) is 45.0. The number of amides is 2. The van der Waals surface area contributed by atoms with Crippen molar-refractivity contribution in [1.29, 1.82) is 0 Å². The van der Waals surface area contributed by atoms with Crippen LogP contribution in [0.25, 0.3) is 0 Å². The first kappa shape index (κ1) is 78.1. The van der Waals surface area contributed by atoms with Gasteiger partial charge in [0.15, 0.2) is 50.3 Å². The van der Waals surface area contributed by atoms with Gasteiger partial charge in [-0.05, 0) is 0 Å². The highest BCUT2D eigenvalue weighted by Crippen LogP contribution is 2.39. The van der Waals surface area contributed by atoms with E-state index in [0.29, 0.717) is 0 Å². The Morgan fingerprint density at radius 3 is 0.989 bits per heavy atom. The van der Waals surface area contributed by atoms with Gasteiger partial charge in [-0.3, -0.25) is 9.59 Å². The lowest BCUT2D eigenvalue weighted by atomic mass is 9.94. The average molecular weight is 1400 g/mol. The number of nitrogens with one attached hydrogen (secondary N) is 2. The van der Waals surface area contributed by atoms with Crippen molar-refractivity contribution >= 4 is 11.8 Å². The number of hydrogen-bond donors (Lipinski definition) is 26. The lowest BCUT2D eigenvalue weighted by Crippen LogP contribution is -2.70. The predicted molar refractivity (Wildman–Crippen MR) is 288 cm³/mol. The fourth-order valence-electron chi connectivity index (χ4n) is 12.1. The lowest BCUT2D eigenvalue weighted by molar-refractivity contribution is -0.408. The van der Waals surface area contributed by atoms with Crippen LogP contribution in [0.3, 0.4) is 0 Å². The number of rotatable bonds is 24. The van der Waals surface area contributed by atoms with Gasteiger partial charge in [-0.25, -0.2) is 0 Å². The molecule has 2 amide bonds. The van der Waals surface area contributed by atoms with E-state index in [1.165, 1.54) is 0 Å². The molecule has 8 aliphatic heterocycles. The van der Waals surface area contributed by atoms with Gasteiger partial charge in [0.2, 0.25) is 11.8 Å². The number of carbonyl (C=O) groups excluding carboxylic acids is 2. The summed E-state index contributed by atoms with van der Waals surface area (Å²) in [7, 11) is 0. The van der Waals surface area contributed by atoms with Gasteiger partial charge in [-0.1, -0.05) is 0 Å². The third-order valence-corrected chi connectivity index (χ3v) is 17.4. The second-order valence-corrected chi connectivity index (χ2v) is 23.9. The maximum atomic E-state index is 12.8. The van der Waals surface area contributed by atoms with Crippen LogP contribution in [-0.2, 0) is 80.6 Å². The van der Waals surface area contributed by atoms with Gasteiger partial charge in [-0.2, -0.15) is 0 Å². The van der Waals surface area contributed by atoms with Crippen LogP contribution in [0, 0.1) is 0 Å². The Balaban J connectivity index is 1.14. The third kappa shape index (κ3) is 16.8. The van der Waals surface area contributed by atoms with E-state index in [1.807, 2.05) is 0 Å². The molecule has 0 aromatic carbocycles. The molecular weight excluding hydrogens is 1310 g/mol. The van der Waals surface area contributed by atoms with Crippen LogP contribution in [0.1, 0.15) is 13.8 Å². The van der Waals surface area contributed by atoms with E-state index in [0.717, 1.165) is 13.8 Å². The quantitative estimate of drug-likeness (QED) is 0.0427. The minimum atomic E-state index is -2.52. The number of carbonyl (C=O) groups is 2. The molecule has 552 valence electrons. The first-order valence-corrected chi connectivity index (χ1v) is 30.1. The molecule has 0 bridgehead atoms. The summed E-state index contributed by atoms with van der Waals surface area (Å²) in [5, 5.41) is 267. The molecule has 0 spiro atoms. The van der Waals surface area contributed by atoms with E-state index in [9.17, 15) is 132 Å². The molecule has 8 saturated heterocycles. The van der Waals surface area contributed by atoms with Crippen molar-refractivity contribution in [3.8, 4) is 0 Å². The molecule has 43 heteroatoms. The topological polar surface area (TPSA) is 682 Å². The highest BCUT2D eigenvalue weighted by atomic mass is 16.8. The van der Waals surface area contributed by atoms with Crippen molar-refractivity contribution < 1.29 is 203 Å². The summed E-state index contributed by atoms with van der Waals surface area (Å²) in [6.45, 7) is -6.52. The Kier molecular flexibility index (Phi) is 27.9.